The molecule has 4 aliphatic heterocycles. The molecule has 0 aliphatic carbocycles. The van der Waals surface area contributed by atoms with Gasteiger partial charge in [-0.05, 0) is 25.0 Å². The molecule has 2 atom stereocenters. The van der Waals surface area contributed by atoms with Gasteiger partial charge in [0, 0.05) is 56.7 Å². The van der Waals surface area contributed by atoms with E-state index in [1.807, 2.05) is 23.4 Å². The standard InChI is InChI=1S/C32H34N4O6/c1-19-8-22-14-33-26-12-28(21(18-39-3)10-24(26)31(37)35(22)16-19)41-6-5-7-42-30-13-27-25(11-29(30)40-4)32(38)36-17-20(2)9-23(36)15-34-27/h10-15,22-23H,1-2,5-9,16-18H2,3-4H3/t22-,23-/m0/s1. The molecule has 10 heteroatoms. The van der Waals surface area contributed by atoms with Gasteiger partial charge in [-0.3, -0.25) is 19.6 Å². The van der Waals surface area contributed by atoms with Crippen LogP contribution in [0.3, 0.4) is 0 Å². The van der Waals surface area contributed by atoms with Crippen molar-refractivity contribution < 1.29 is 28.5 Å². The first-order valence-electron chi connectivity index (χ1n) is 14.0. The molecule has 2 amide bonds. The fraction of sp³-hybridized carbons (Fsp3) is 0.375. The largest absolute Gasteiger partial charge is 0.493 e. The number of ether oxygens (including phenoxy) is 4. The van der Waals surface area contributed by atoms with E-state index in [0.29, 0.717) is 79.1 Å². The van der Waals surface area contributed by atoms with Crippen molar-refractivity contribution in [2.75, 3.05) is 40.5 Å². The summed E-state index contributed by atoms with van der Waals surface area (Å²) in [5.74, 6) is 1.44. The van der Waals surface area contributed by atoms with E-state index in [4.69, 9.17) is 18.9 Å². The summed E-state index contributed by atoms with van der Waals surface area (Å²) in [6, 6.07) is 6.91. The van der Waals surface area contributed by atoms with E-state index in [2.05, 4.69) is 23.1 Å². The molecule has 4 aliphatic rings. The van der Waals surface area contributed by atoms with Gasteiger partial charge in [0.2, 0.25) is 0 Å². The molecule has 0 saturated carbocycles. The predicted octanol–water partition coefficient (Wildman–Crippen LogP) is 4.66. The van der Waals surface area contributed by atoms with Gasteiger partial charge in [0.15, 0.2) is 11.5 Å². The van der Waals surface area contributed by atoms with Crippen molar-refractivity contribution in [3.05, 3.63) is 65.3 Å². The normalized spacial score (nSPS) is 20.6. The Hall–Kier alpha value is -4.44. The molecule has 4 heterocycles. The maximum atomic E-state index is 13.3. The van der Waals surface area contributed by atoms with Crippen LogP contribution in [0.2, 0.25) is 0 Å². The molecule has 2 saturated heterocycles. The van der Waals surface area contributed by atoms with Crippen LogP contribution in [0.1, 0.15) is 45.5 Å². The predicted molar refractivity (Wildman–Crippen MR) is 159 cm³/mol. The highest BCUT2D eigenvalue weighted by atomic mass is 16.5. The second-order valence-corrected chi connectivity index (χ2v) is 10.9. The van der Waals surface area contributed by atoms with E-state index in [1.165, 1.54) is 0 Å². The van der Waals surface area contributed by atoms with Crippen molar-refractivity contribution in [2.45, 2.75) is 38.0 Å². The van der Waals surface area contributed by atoms with Gasteiger partial charge in [0.05, 0.1) is 61.5 Å². The number of carbonyl (C=O) groups is 2. The summed E-state index contributed by atoms with van der Waals surface area (Å²) in [4.78, 5) is 39.3. The summed E-state index contributed by atoms with van der Waals surface area (Å²) < 4.78 is 23.1. The molecular weight excluding hydrogens is 536 g/mol. The molecule has 2 fully saturated rings. The highest BCUT2D eigenvalue weighted by molar-refractivity contribution is 6.04. The monoisotopic (exact) mass is 570 g/mol. The third kappa shape index (κ3) is 5.18. The lowest BCUT2D eigenvalue weighted by Crippen LogP contribution is -2.35. The second-order valence-electron chi connectivity index (χ2n) is 10.9. The molecule has 0 N–H and O–H groups in total. The summed E-state index contributed by atoms with van der Waals surface area (Å²) in [6.07, 6.45) is 5.65. The molecule has 0 radical (unpaired) electrons. The van der Waals surface area contributed by atoms with Crippen LogP contribution in [0.5, 0.6) is 17.2 Å². The Morgan fingerprint density at radius 1 is 0.786 bits per heavy atom. The number of nitrogens with zero attached hydrogens (tertiary/aromatic N) is 4. The van der Waals surface area contributed by atoms with Crippen molar-refractivity contribution in [3.8, 4) is 17.2 Å². The lowest BCUT2D eigenvalue weighted by Gasteiger charge is -2.20. The van der Waals surface area contributed by atoms with E-state index in [0.717, 1.165) is 29.6 Å². The van der Waals surface area contributed by atoms with Gasteiger partial charge in [-0.15, -0.1) is 0 Å². The maximum absolute atomic E-state index is 13.3. The van der Waals surface area contributed by atoms with Gasteiger partial charge in [0.25, 0.3) is 11.8 Å². The Morgan fingerprint density at radius 2 is 1.33 bits per heavy atom. The lowest BCUT2D eigenvalue weighted by molar-refractivity contribution is 0.0769. The fourth-order valence-corrected chi connectivity index (χ4v) is 5.83. The number of rotatable bonds is 9. The second kappa shape index (κ2) is 11.4. The SMILES string of the molecule is C=C1C[C@H]2C=Nc3cc(OCCCOc4cc5c(cc4OC)C(=O)N4CC(=C)C[C@H]4C=N5)c(COC)cc3C(=O)N2C1. The molecule has 2 aromatic carbocycles. The molecule has 2 aromatic rings. The number of hydrogen-bond acceptors (Lipinski definition) is 8. The minimum atomic E-state index is -0.0890. The topological polar surface area (TPSA) is 102 Å². The van der Waals surface area contributed by atoms with Crippen LogP contribution in [-0.4, -0.2) is 86.6 Å². The minimum absolute atomic E-state index is 0.0601. The average Bonchev–Trinajstić information content (AvgIpc) is 3.49. The maximum Gasteiger partial charge on any atom is 0.257 e. The molecular formula is C32H34N4O6. The molecule has 0 spiro atoms. The first-order valence-corrected chi connectivity index (χ1v) is 14.0. The Kier molecular flexibility index (Phi) is 7.55. The lowest BCUT2D eigenvalue weighted by atomic mass is 10.1. The van der Waals surface area contributed by atoms with Crippen LogP contribution >= 0.6 is 0 Å². The van der Waals surface area contributed by atoms with Crippen LogP contribution in [0.15, 0.2) is 58.6 Å². The van der Waals surface area contributed by atoms with Crippen molar-refractivity contribution >= 4 is 35.6 Å². The van der Waals surface area contributed by atoms with Crippen molar-refractivity contribution in [3.63, 3.8) is 0 Å². The summed E-state index contributed by atoms with van der Waals surface area (Å²) >= 11 is 0. The van der Waals surface area contributed by atoms with E-state index in [1.54, 1.807) is 37.3 Å². The van der Waals surface area contributed by atoms with Crippen LogP contribution in [0.4, 0.5) is 11.4 Å². The number of methoxy groups -OCH3 is 2. The van der Waals surface area contributed by atoms with Crippen LogP contribution in [0, 0.1) is 0 Å². The number of fused-ring (bicyclic) bond motifs is 4. The quantitative estimate of drug-likeness (QED) is 0.321. The third-order valence-electron chi connectivity index (χ3n) is 7.90. The number of carbonyl (C=O) groups excluding carboxylic acids is 2. The van der Waals surface area contributed by atoms with Gasteiger partial charge in [0.1, 0.15) is 5.75 Å². The number of aliphatic imine (C=N–C) groups is 2. The van der Waals surface area contributed by atoms with Gasteiger partial charge in [-0.2, -0.15) is 0 Å². The van der Waals surface area contributed by atoms with E-state index >= 15 is 0 Å². The number of amides is 2. The Morgan fingerprint density at radius 3 is 1.90 bits per heavy atom. The van der Waals surface area contributed by atoms with Crippen molar-refractivity contribution in [2.24, 2.45) is 9.98 Å². The zero-order valence-electron chi connectivity index (χ0n) is 23.9. The summed E-state index contributed by atoms with van der Waals surface area (Å²) in [5.41, 5.74) is 4.98. The highest BCUT2D eigenvalue weighted by Gasteiger charge is 2.35. The molecule has 10 nitrogen and oxygen atoms in total. The first-order chi connectivity index (χ1) is 20.4. The van der Waals surface area contributed by atoms with E-state index in [-0.39, 0.29) is 23.9 Å². The van der Waals surface area contributed by atoms with Crippen LogP contribution in [-0.2, 0) is 11.3 Å². The molecule has 0 aromatic heterocycles. The Bertz CT molecular complexity index is 1530. The van der Waals surface area contributed by atoms with Crippen molar-refractivity contribution in [1.82, 2.24) is 9.80 Å². The van der Waals surface area contributed by atoms with Gasteiger partial charge in [-0.25, -0.2) is 0 Å². The number of benzene rings is 2. The zero-order valence-corrected chi connectivity index (χ0v) is 23.9. The zero-order chi connectivity index (χ0) is 29.4. The van der Waals surface area contributed by atoms with Crippen LogP contribution in [0.25, 0.3) is 0 Å². The fourth-order valence-electron chi connectivity index (χ4n) is 5.83. The van der Waals surface area contributed by atoms with Gasteiger partial charge in [-0.1, -0.05) is 24.3 Å². The summed E-state index contributed by atoms with van der Waals surface area (Å²) in [5, 5.41) is 0. The Balaban J connectivity index is 1.12. The van der Waals surface area contributed by atoms with E-state index < -0.39 is 0 Å². The van der Waals surface area contributed by atoms with Gasteiger partial charge >= 0.3 is 0 Å². The Labute approximate surface area is 244 Å². The van der Waals surface area contributed by atoms with Crippen LogP contribution < -0.4 is 14.2 Å². The molecule has 0 bridgehead atoms. The molecule has 6 rings (SSSR count). The van der Waals surface area contributed by atoms with Gasteiger partial charge < -0.3 is 28.7 Å². The average molecular weight is 571 g/mol. The number of hydrogen-bond donors (Lipinski definition) is 0. The highest BCUT2D eigenvalue weighted by Crippen LogP contribution is 2.39. The van der Waals surface area contributed by atoms with E-state index in [9.17, 15) is 9.59 Å². The third-order valence-corrected chi connectivity index (χ3v) is 7.90. The summed E-state index contributed by atoms with van der Waals surface area (Å²) in [7, 11) is 3.15. The smallest absolute Gasteiger partial charge is 0.257 e. The molecule has 42 heavy (non-hydrogen) atoms. The molecule has 218 valence electrons. The van der Waals surface area contributed by atoms with Crippen molar-refractivity contribution in [1.29, 1.82) is 0 Å². The minimum Gasteiger partial charge on any atom is -0.493 e. The molecule has 0 unspecified atom stereocenters. The summed E-state index contributed by atoms with van der Waals surface area (Å²) in [6.45, 7) is 10.2. The first kappa shape index (κ1) is 27.7.